The van der Waals surface area contributed by atoms with Crippen LogP contribution in [-0.2, 0) is 4.79 Å². The van der Waals surface area contributed by atoms with E-state index < -0.39 is 24.0 Å². The molecule has 2 atom stereocenters. The Kier molecular flexibility index (Phi) is 9.50. The number of hydrogen-bond acceptors (Lipinski definition) is 5. The fourth-order valence-corrected chi connectivity index (χ4v) is 3.66. The van der Waals surface area contributed by atoms with Gasteiger partial charge in [-0.05, 0) is 53.8 Å². The van der Waals surface area contributed by atoms with Crippen LogP contribution in [0.2, 0.25) is 0 Å². The van der Waals surface area contributed by atoms with Crippen molar-refractivity contribution in [3.05, 3.63) is 64.6 Å². The van der Waals surface area contributed by atoms with E-state index in [1.54, 1.807) is 36.0 Å². The zero-order chi connectivity index (χ0) is 21.2. The van der Waals surface area contributed by atoms with Crippen molar-refractivity contribution in [2.75, 3.05) is 11.1 Å². The Labute approximate surface area is 184 Å². The molecule has 6 nitrogen and oxygen atoms in total. The Bertz CT molecular complexity index is 788. The van der Waals surface area contributed by atoms with Crippen molar-refractivity contribution in [1.82, 2.24) is 10.9 Å². The molecule has 8 heteroatoms. The van der Waals surface area contributed by atoms with Gasteiger partial charge in [-0.3, -0.25) is 20.4 Å². The lowest BCUT2D eigenvalue weighted by molar-refractivity contribution is -0.130. The summed E-state index contributed by atoms with van der Waals surface area (Å²) in [5, 5.41) is 14.3. The van der Waals surface area contributed by atoms with E-state index >= 15 is 0 Å². The molecule has 0 saturated heterocycles. The standard InChI is InChI=1S/C21H26BrN3O3S/c1-14(2)29-13-12-18(23-17-6-4-3-5-7-17)19(26)21(28)25-24-20(27)15-8-10-16(22)11-9-15/h3-11,14,18-19,23,26H,12-13H2,1-2H3,(H,24,27)(H,25,28)/t18-,19?/m1/s1. The molecule has 4 N–H and O–H groups in total. The number of thioether (sulfide) groups is 1. The summed E-state index contributed by atoms with van der Waals surface area (Å²) in [6.45, 7) is 4.20. The summed E-state index contributed by atoms with van der Waals surface area (Å²) >= 11 is 5.06. The number of benzene rings is 2. The van der Waals surface area contributed by atoms with E-state index in [1.165, 1.54) is 0 Å². The van der Waals surface area contributed by atoms with E-state index in [0.717, 1.165) is 15.9 Å². The lowest BCUT2D eigenvalue weighted by Gasteiger charge is -2.25. The highest BCUT2D eigenvalue weighted by molar-refractivity contribution is 9.10. The highest BCUT2D eigenvalue weighted by Crippen LogP contribution is 2.17. The third-order valence-electron chi connectivity index (χ3n) is 4.06. The van der Waals surface area contributed by atoms with Crippen molar-refractivity contribution in [1.29, 1.82) is 0 Å². The molecule has 2 amide bonds. The predicted octanol–water partition coefficient (Wildman–Crippen LogP) is 3.58. The van der Waals surface area contributed by atoms with Gasteiger partial charge >= 0.3 is 0 Å². The van der Waals surface area contributed by atoms with Crippen LogP contribution in [-0.4, -0.2) is 40.1 Å². The largest absolute Gasteiger partial charge is 0.381 e. The first-order chi connectivity index (χ1) is 13.9. The quantitative estimate of drug-likeness (QED) is 0.412. The molecule has 2 aromatic rings. The van der Waals surface area contributed by atoms with Gasteiger partial charge in [0.25, 0.3) is 11.8 Å². The minimum Gasteiger partial charge on any atom is -0.381 e. The van der Waals surface area contributed by atoms with E-state index in [4.69, 9.17) is 0 Å². The van der Waals surface area contributed by atoms with E-state index in [9.17, 15) is 14.7 Å². The van der Waals surface area contributed by atoms with Crippen LogP contribution >= 0.6 is 27.7 Å². The number of hydrazine groups is 1. The topological polar surface area (TPSA) is 90.5 Å². The highest BCUT2D eigenvalue weighted by atomic mass is 79.9. The van der Waals surface area contributed by atoms with E-state index in [1.807, 2.05) is 30.3 Å². The molecule has 2 aromatic carbocycles. The average Bonchev–Trinajstić information content (AvgIpc) is 2.71. The lowest BCUT2D eigenvalue weighted by Crippen LogP contribution is -2.51. The summed E-state index contributed by atoms with van der Waals surface area (Å²) in [6.07, 6.45) is -0.735. The van der Waals surface area contributed by atoms with Gasteiger partial charge in [-0.15, -0.1) is 0 Å². The molecule has 0 spiro atoms. The summed E-state index contributed by atoms with van der Waals surface area (Å²) in [5.41, 5.74) is 5.87. The van der Waals surface area contributed by atoms with Crippen LogP contribution in [0.5, 0.6) is 0 Å². The van der Waals surface area contributed by atoms with Crippen LogP contribution < -0.4 is 16.2 Å². The number of halogens is 1. The van der Waals surface area contributed by atoms with Gasteiger partial charge in [0.1, 0.15) is 0 Å². The third kappa shape index (κ3) is 8.08. The molecule has 0 aliphatic heterocycles. The molecule has 0 aromatic heterocycles. The number of rotatable bonds is 9. The number of carbonyl (C=O) groups is 2. The van der Waals surface area contributed by atoms with Crippen LogP contribution in [0.25, 0.3) is 0 Å². The lowest BCUT2D eigenvalue weighted by atomic mass is 10.1. The van der Waals surface area contributed by atoms with Gasteiger partial charge in [0.05, 0.1) is 6.04 Å². The van der Waals surface area contributed by atoms with Crippen LogP contribution in [0.15, 0.2) is 59.1 Å². The Balaban J connectivity index is 1.96. The summed E-state index contributed by atoms with van der Waals surface area (Å²) in [4.78, 5) is 24.6. The SMILES string of the molecule is CC(C)SCC[C@@H](Nc1ccccc1)C(O)C(=O)NNC(=O)c1ccc(Br)cc1. The first-order valence-electron chi connectivity index (χ1n) is 9.34. The smallest absolute Gasteiger partial charge is 0.269 e. The van der Waals surface area contributed by atoms with E-state index in [-0.39, 0.29) is 0 Å². The van der Waals surface area contributed by atoms with Crippen LogP contribution in [0.1, 0.15) is 30.6 Å². The molecule has 0 fully saturated rings. The van der Waals surface area contributed by atoms with Gasteiger partial charge in [-0.25, -0.2) is 0 Å². The molecule has 0 radical (unpaired) electrons. The van der Waals surface area contributed by atoms with Gasteiger partial charge in [-0.2, -0.15) is 11.8 Å². The summed E-state index contributed by atoms with van der Waals surface area (Å²) in [7, 11) is 0. The molecular weight excluding hydrogens is 454 g/mol. The number of nitrogens with one attached hydrogen (secondary N) is 3. The number of hydrogen-bond donors (Lipinski definition) is 4. The number of aliphatic hydroxyl groups excluding tert-OH is 1. The highest BCUT2D eigenvalue weighted by Gasteiger charge is 2.26. The zero-order valence-corrected chi connectivity index (χ0v) is 18.8. The number of aliphatic hydroxyl groups is 1. The number of amides is 2. The Morgan fingerprint density at radius 1 is 1.03 bits per heavy atom. The van der Waals surface area contributed by atoms with Gasteiger partial charge < -0.3 is 10.4 Å². The van der Waals surface area contributed by atoms with Gasteiger partial charge in [0.15, 0.2) is 6.10 Å². The molecule has 156 valence electrons. The second-order valence-electron chi connectivity index (χ2n) is 6.72. The monoisotopic (exact) mass is 479 g/mol. The number of para-hydroxylation sites is 1. The van der Waals surface area contributed by atoms with Gasteiger partial charge in [0, 0.05) is 15.7 Å². The normalized spacial score (nSPS) is 12.9. The van der Waals surface area contributed by atoms with Gasteiger partial charge in [0.2, 0.25) is 0 Å². The summed E-state index contributed by atoms with van der Waals surface area (Å²) in [6, 6.07) is 15.7. The molecule has 0 heterocycles. The predicted molar refractivity (Wildman–Crippen MR) is 122 cm³/mol. The molecule has 1 unspecified atom stereocenters. The van der Waals surface area contributed by atoms with Crippen LogP contribution in [0, 0.1) is 0 Å². The maximum absolute atomic E-state index is 12.4. The second-order valence-corrected chi connectivity index (χ2v) is 9.32. The minimum absolute atomic E-state index is 0.398. The second kappa shape index (κ2) is 11.8. The molecule has 0 bridgehead atoms. The van der Waals surface area contributed by atoms with Crippen molar-refractivity contribution in [2.24, 2.45) is 0 Å². The Hall–Kier alpha value is -2.03. The van der Waals surface area contributed by atoms with E-state index in [2.05, 4.69) is 45.9 Å². The van der Waals surface area contributed by atoms with Crippen LogP contribution in [0.4, 0.5) is 5.69 Å². The molecule has 29 heavy (non-hydrogen) atoms. The molecule has 2 rings (SSSR count). The number of anilines is 1. The zero-order valence-electron chi connectivity index (χ0n) is 16.4. The van der Waals surface area contributed by atoms with Crippen molar-refractivity contribution in [3.8, 4) is 0 Å². The summed E-state index contributed by atoms with van der Waals surface area (Å²) in [5.74, 6) is -0.336. The van der Waals surface area contributed by atoms with E-state index in [0.29, 0.717) is 17.2 Å². The molecule has 0 aliphatic rings. The maximum Gasteiger partial charge on any atom is 0.269 e. The fraction of sp³-hybridized carbons (Fsp3) is 0.333. The first kappa shape index (κ1) is 23.3. The molecular formula is C21H26BrN3O3S. The average molecular weight is 480 g/mol. The van der Waals surface area contributed by atoms with Crippen molar-refractivity contribution >= 4 is 45.2 Å². The molecule has 0 saturated carbocycles. The van der Waals surface area contributed by atoms with Crippen molar-refractivity contribution < 1.29 is 14.7 Å². The van der Waals surface area contributed by atoms with Gasteiger partial charge in [-0.1, -0.05) is 48.0 Å². The maximum atomic E-state index is 12.4. The van der Waals surface area contributed by atoms with Crippen molar-refractivity contribution in [2.45, 2.75) is 37.7 Å². The third-order valence-corrected chi connectivity index (χ3v) is 5.73. The Morgan fingerprint density at radius 3 is 2.31 bits per heavy atom. The fourth-order valence-electron chi connectivity index (χ4n) is 2.54. The Morgan fingerprint density at radius 2 is 1.69 bits per heavy atom. The first-order valence-corrected chi connectivity index (χ1v) is 11.2. The molecule has 0 aliphatic carbocycles. The number of carbonyl (C=O) groups excluding carboxylic acids is 2. The summed E-state index contributed by atoms with van der Waals surface area (Å²) < 4.78 is 0.850. The van der Waals surface area contributed by atoms with Crippen LogP contribution in [0.3, 0.4) is 0 Å². The van der Waals surface area contributed by atoms with Crippen molar-refractivity contribution in [3.63, 3.8) is 0 Å². The minimum atomic E-state index is -1.33.